The second-order valence-electron chi connectivity index (χ2n) is 5.81. The maximum atomic E-state index is 12.5. The second-order valence-corrected chi connectivity index (χ2v) is 5.81. The number of nitrogens with one attached hydrogen (secondary N) is 2. The molecule has 6 heteroatoms. The molecule has 26 heavy (non-hydrogen) atoms. The van der Waals surface area contributed by atoms with Gasteiger partial charge in [-0.05, 0) is 30.2 Å². The van der Waals surface area contributed by atoms with Gasteiger partial charge < -0.3 is 24.5 Å². The van der Waals surface area contributed by atoms with E-state index in [1.165, 1.54) is 0 Å². The maximum absolute atomic E-state index is 12.5. The van der Waals surface area contributed by atoms with Crippen LogP contribution < -0.4 is 19.5 Å². The average Bonchev–Trinajstić information content (AvgIpc) is 3.10. The molecule has 6 nitrogen and oxygen atoms in total. The van der Waals surface area contributed by atoms with Crippen LogP contribution in [-0.2, 0) is 6.42 Å². The summed E-state index contributed by atoms with van der Waals surface area (Å²) in [6, 6.07) is 11.4. The number of carbonyl (C=O) groups excluding carboxylic acids is 1. The average molecular weight is 354 g/mol. The number of H-pyrrole nitrogens is 1. The molecule has 0 saturated carbocycles. The molecule has 0 saturated heterocycles. The minimum Gasteiger partial charge on any atom is -0.497 e. The molecule has 0 spiro atoms. The highest BCUT2D eigenvalue weighted by Gasteiger charge is 2.15. The Hall–Kier alpha value is -3.15. The maximum Gasteiger partial charge on any atom is 0.253 e. The fourth-order valence-corrected chi connectivity index (χ4v) is 2.84. The normalized spacial score (nSPS) is 10.6. The number of rotatable bonds is 7. The lowest BCUT2D eigenvalue weighted by Crippen LogP contribution is -2.25. The van der Waals surface area contributed by atoms with Crippen molar-refractivity contribution in [3.05, 3.63) is 53.7 Å². The van der Waals surface area contributed by atoms with Gasteiger partial charge in [0, 0.05) is 24.2 Å². The van der Waals surface area contributed by atoms with Crippen LogP contribution in [0.25, 0.3) is 10.9 Å². The summed E-state index contributed by atoms with van der Waals surface area (Å²) in [6.45, 7) is 0.547. The largest absolute Gasteiger partial charge is 0.497 e. The van der Waals surface area contributed by atoms with Gasteiger partial charge in [-0.3, -0.25) is 4.79 Å². The smallest absolute Gasteiger partial charge is 0.253 e. The van der Waals surface area contributed by atoms with Crippen molar-refractivity contribution in [1.82, 2.24) is 10.3 Å². The zero-order valence-electron chi connectivity index (χ0n) is 15.1. The molecule has 2 aromatic carbocycles. The lowest BCUT2D eigenvalue weighted by Gasteiger charge is -2.08. The molecule has 0 unspecified atom stereocenters. The van der Waals surface area contributed by atoms with E-state index in [-0.39, 0.29) is 5.91 Å². The fourth-order valence-electron chi connectivity index (χ4n) is 2.84. The first-order chi connectivity index (χ1) is 12.7. The van der Waals surface area contributed by atoms with Crippen LogP contribution in [0.1, 0.15) is 15.9 Å². The highest BCUT2D eigenvalue weighted by molar-refractivity contribution is 6.07. The number of carbonyl (C=O) groups is 1. The van der Waals surface area contributed by atoms with Crippen LogP contribution in [0.4, 0.5) is 0 Å². The first kappa shape index (κ1) is 17.7. The summed E-state index contributed by atoms with van der Waals surface area (Å²) < 4.78 is 15.8. The number of methoxy groups -OCH3 is 3. The van der Waals surface area contributed by atoms with E-state index in [1.807, 2.05) is 36.4 Å². The fraction of sp³-hybridized carbons (Fsp3) is 0.250. The molecule has 0 aliphatic carbocycles. The molecule has 1 aromatic heterocycles. The Balaban J connectivity index is 1.69. The Labute approximate surface area is 152 Å². The van der Waals surface area contributed by atoms with Crippen molar-refractivity contribution in [1.29, 1.82) is 0 Å². The summed E-state index contributed by atoms with van der Waals surface area (Å²) in [4.78, 5) is 15.6. The minimum atomic E-state index is -0.128. The molecule has 2 N–H and O–H groups in total. The third-order valence-electron chi connectivity index (χ3n) is 4.29. The van der Waals surface area contributed by atoms with Gasteiger partial charge >= 0.3 is 0 Å². The summed E-state index contributed by atoms with van der Waals surface area (Å²) in [5.41, 5.74) is 2.54. The van der Waals surface area contributed by atoms with Crippen LogP contribution in [-0.4, -0.2) is 38.8 Å². The standard InChI is InChI=1S/C20H22N2O4/c1-24-14-6-4-13(5-7-14)8-9-21-20(23)16-12-22-17-11-19(26-3)18(25-2)10-15(16)17/h4-7,10-12,22H,8-9H2,1-3H3,(H,21,23). The van der Waals surface area contributed by atoms with Gasteiger partial charge in [0.05, 0.1) is 32.4 Å². The van der Waals surface area contributed by atoms with Crippen LogP contribution in [0.15, 0.2) is 42.6 Å². The van der Waals surface area contributed by atoms with Crippen LogP contribution >= 0.6 is 0 Å². The molecule has 0 aliphatic heterocycles. The van der Waals surface area contributed by atoms with Crippen LogP contribution in [0.5, 0.6) is 17.2 Å². The summed E-state index contributed by atoms with van der Waals surface area (Å²) in [7, 11) is 4.80. The van der Waals surface area contributed by atoms with E-state index >= 15 is 0 Å². The van der Waals surface area contributed by atoms with E-state index in [9.17, 15) is 4.79 Å². The summed E-state index contributed by atoms with van der Waals surface area (Å²) >= 11 is 0. The SMILES string of the molecule is COc1ccc(CCNC(=O)c2c[nH]c3cc(OC)c(OC)cc23)cc1. The minimum absolute atomic E-state index is 0.128. The molecule has 136 valence electrons. The molecule has 1 amide bonds. The zero-order valence-corrected chi connectivity index (χ0v) is 15.1. The molecule has 0 radical (unpaired) electrons. The first-order valence-electron chi connectivity index (χ1n) is 8.30. The Morgan fingerprint density at radius 2 is 1.69 bits per heavy atom. The molecule has 1 heterocycles. The summed E-state index contributed by atoms with van der Waals surface area (Å²) in [5, 5.41) is 3.75. The van der Waals surface area contributed by atoms with Gasteiger partial charge in [0.2, 0.25) is 0 Å². The van der Waals surface area contributed by atoms with Gasteiger partial charge in [0.15, 0.2) is 11.5 Å². The van der Waals surface area contributed by atoms with Gasteiger partial charge in [-0.1, -0.05) is 12.1 Å². The van der Waals surface area contributed by atoms with Crippen molar-refractivity contribution in [2.75, 3.05) is 27.9 Å². The number of hydrogen-bond acceptors (Lipinski definition) is 4. The lowest BCUT2D eigenvalue weighted by atomic mass is 10.1. The van der Waals surface area contributed by atoms with Gasteiger partial charge in [0.25, 0.3) is 5.91 Å². The Morgan fingerprint density at radius 1 is 1.00 bits per heavy atom. The van der Waals surface area contributed by atoms with Crippen molar-refractivity contribution >= 4 is 16.8 Å². The number of aromatic nitrogens is 1. The predicted molar refractivity (Wildman–Crippen MR) is 100 cm³/mol. The monoisotopic (exact) mass is 354 g/mol. The van der Waals surface area contributed by atoms with E-state index in [4.69, 9.17) is 14.2 Å². The molecular weight excluding hydrogens is 332 g/mol. The van der Waals surface area contributed by atoms with Crippen molar-refractivity contribution in [2.45, 2.75) is 6.42 Å². The Bertz CT molecular complexity index is 900. The molecular formula is C20H22N2O4. The van der Waals surface area contributed by atoms with Crippen molar-refractivity contribution in [2.24, 2.45) is 0 Å². The highest BCUT2D eigenvalue weighted by atomic mass is 16.5. The number of benzene rings is 2. The van der Waals surface area contributed by atoms with Crippen molar-refractivity contribution < 1.29 is 19.0 Å². The van der Waals surface area contributed by atoms with E-state index < -0.39 is 0 Å². The van der Waals surface area contributed by atoms with Gasteiger partial charge in [-0.2, -0.15) is 0 Å². The van der Waals surface area contributed by atoms with E-state index in [0.29, 0.717) is 23.6 Å². The van der Waals surface area contributed by atoms with Crippen molar-refractivity contribution in [3.63, 3.8) is 0 Å². The summed E-state index contributed by atoms with van der Waals surface area (Å²) in [6.07, 6.45) is 2.45. The Morgan fingerprint density at radius 3 is 2.35 bits per heavy atom. The number of amides is 1. The number of hydrogen-bond donors (Lipinski definition) is 2. The van der Waals surface area contributed by atoms with Crippen LogP contribution in [0.3, 0.4) is 0 Å². The quantitative estimate of drug-likeness (QED) is 0.684. The van der Waals surface area contributed by atoms with E-state index in [1.54, 1.807) is 27.5 Å². The predicted octanol–water partition coefficient (Wildman–Crippen LogP) is 3.17. The molecule has 0 atom stereocenters. The Kier molecular flexibility index (Phi) is 5.31. The molecule has 3 rings (SSSR count). The number of fused-ring (bicyclic) bond motifs is 1. The third kappa shape index (κ3) is 3.59. The first-order valence-corrected chi connectivity index (χ1v) is 8.30. The second kappa shape index (κ2) is 7.82. The third-order valence-corrected chi connectivity index (χ3v) is 4.29. The molecule has 0 aliphatic rings. The number of ether oxygens (including phenoxy) is 3. The molecule has 0 bridgehead atoms. The van der Waals surface area contributed by atoms with E-state index in [0.717, 1.165) is 28.6 Å². The lowest BCUT2D eigenvalue weighted by molar-refractivity contribution is 0.0956. The van der Waals surface area contributed by atoms with Gasteiger partial charge in [-0.15, -0.1) is 0 Å². The number of aromatic amines is 1. The van der Waals surface area contributed by atoms with Crippen LogP contribution in [0.2, 0.25) is 0 Å². The summed E-state index contributed by atoms with van der Waals surface area (Å²) in [5.74, 6) is 1.90. The topological polar surface area (TPSA) is 72.6 Å². The van der Waals surface area contributed by atoms with Gasteiger partial charge in [0.1, 0.15) is 5.75 Å². The van der Waals surface area contributed by atoms with E-state index in [2.05, 4.69) is 10.3 Å². The van der Waals surface area contributed by atoms with Crippen molar-refractivity contribution in [3.8, 4) is 17.2 Å². The zero-order chi connectivity index (χ0) is 18.5. The molecule has 0 fully saturated rings. The van der Waals surface area contributed by atoms with Crippen LogP contribution in [0, 0.1) is 0 Å². The molecule has 3 aromatic rings. The van der Waals surface area contributed by atoms with Gasteiger partial charge in [-0.25, -0.2) is 0 Å². The highest BCUT2D eigenvalue weighted by Crippen LogP contribution is 2.33.